The molecule has 1 aromatic heterocycles. The van der Waals surface area contributed by atoms with Crippen molar-refractivity contribution in [2.24, 2.45) is 5.92 Å². The van der Waals surface area contributed by atoms with Gasteiger partial charge in [-0.15, -0.1) is 0 Å². The number of fused-ring (bicyclic) bond motifs is 1. The molecule has 6 heteroatoms. The third kappa shape index (κ3) is 4.25. The van der Waals surface area contributed by atoms with Crippen LogP contribution in [0.25, 0.3) is 0 Å². The number of rotatable bonds is 4. The van der Waals surface area contributed by atoms with Crippen molar-refractivity contribution in [1.29, 1.82) is 0 Å². The number of nitrogens with zero attached hydrogens (tertiary/aromatic N) is 2. The molecule has 5 nitrogen and oxygen atoms in total. The van der Waals surface area contributed by atoms with Crippen LogP contribution in [-0.4, -0.2) is 41.5 Å². The van der Waals surface area contributed by atoms with Crippen molar-refractivity contribution in [3.63, 3.8) is 0 Å². The van der Waals surface area contributed by atoms with Crippen molar-refractivity contribution in [2.75, 3.05) is 19.7 Å². The maximum atomic E-state index is 13.5. The zero-order chi connectivity index (χ0) is 18.6. The summed E-state index contributed by atoms with van der Waals surface area (Å²) in [4.78, 5) is 19.9. The summed E-state index contributed by atoms with van der Waals surface area (Å²) in [6.45, 7) is 2.84. The highest BCUT2D eigenvalue weighted by atomic mass is 35.5. The predicted molar refractivity (Wildman–Crippen MR) is 105 cm³/mol. The van der Waals surface area contributed by atoms with Crippen molar-refractivity contribution in [2.45, 2.75) is 31.8 Å². The minimum absolute atomic E-state index is 0.151. The van der Waals surface area contributed by atoms with Gasteiger partial charge in [-0.25, -0.2) is 0 Å². The molecule has 0 bridgehead atoms. The second kappa shape index (κ2) is 8.28. The second-order valence-corrected chi connectivity index (χ2v) is 7.67. The topological polar surface area (TPSA) is 54.5 Å². The first-order valence-corrected chi connectivity index (χ1v) is 9.91. The highest BCUT2D eigenvalue weighted by Crippen LogP contribution is 2.31. The molecule has 0 aliphatic carbocycles. The molecule has 2 aliphatic rings. The van der Waals surface area contributed by atoms with E-state index >= 15 is 0 Å². The molecule has 142 valence electrons. The smallest absolute Gasteiger partial charge is 0.230 e. The van der Waals surface area contributed by atoms with Gasteiger partial charge in [0.05, 0.1) is 18.2 Å². The fourth-order valence-electron chi connectivity index (χ4n) is 3.93. The van der Waals surface area contributed by atoms with Crippen LogP contribution in [0.1, 0.15) is 24.1 Å². The molecule has 0 saturated carbocycles. The number of aromatic nitrogens is 1. The molecule has 1 amide bonds. The maximum Gasteiger partial charge on any atom is 0.230 e. The van der Waals surface area contributed by atoms with Crippen molar-refractivity contribution in [3.8, 4) is 5.75 Å². The number of hydrogen-bond donors (Lipinski definition) is 1. The van der Waals surface area contributed by atoms with Gasteiger partial charge in [0.15, 0.2) is 0 Å². The molecule has 2 aliphatic heterocycles. The lowest BCUT2D eigenvalue weighted by molar-refractivity contribution is -0.140. The molecule has 0 spiro atoms. The van der Waals surface area contributed by atoms with E-state index in [0.29, 0.717) is 24.6 Å². The van der Waals surface area contributed by atoms with E-state index in [2.05, 4.69) is 10.3 Å². The SMILES string of the molecule is O=C(C1COc2ccc(Cl)cc2C1)N(Cc1ccccn1)C1CCNCC1. The molecule has 1 saturated heterocycles. The number of hydrogen-bond acceptors (Lipinski definition) is 4. The third-order valence-corrected chi connectivity index (χ3v) is 5.60. The Morgan fingerprint density at radius 1 is 1.26 bits per heavy atom. The van der Waals surface area contributed by atoms with Gasteiger partial charge >= 0.3 is 0 Å². The van der Waals surface area contributed by atoms with E-state index < -0.39 is 0 Å². The van der Waals surface area contributed by atoms with Crippen molar-refractivity contribution >= 4 is 17.5 Å². The lowest BCUT2D eigenvalue weighted by Gasteiger charge is -2.37. The molecule has 1 atom stereocenters. The molecule has 3 heterocycles. The van der Waals surface area contributed by atoms with Gasteiger partial charge in [0.25, 0.3) is 0 Å². The van der Waals surface area contributed by atoms with Crippen LogP contribution >= 0.6 is 11.6 Å². The van der Waals surface area contributed by atoms with Gasteiger partial charge in [0.1, 0.15) is 12.4 Å². The number of amides is 1. The maximum absolute atomic E-state index is 13.5. The molecule has 1 fully saturated rings. The molecular formula is C21H24ClN3O2. The Morgan fingerprint density at radius 2 is 2.11 bits per heavy atom. The van der Waals surface area contributed by atoms with E-state index in [1.807, 2.05) is 41.3 Å². The summed E-state index contributed by atoms with van der Waals surface area (Å²) in [6.07, 6.45) is 4.38. The number of pyridine rings is 1. The molecule has 4 rings (SSSR count). The largest absolute Gasteiger partial charge is 0.492 e. The van der Waals surface area contributed by atoms with E-state index in [0.717, 1.165) is 42.9 Å². The average molecular weight is 386 g/mol. The average Bonchev–Trinajstić information content (AvgIpc) is 2.72. The van der Waals surface area contributed by atoms with Crippen molar-refractivity contribution < 1.29 is 9.53 Å². The zero-order valence-electron chi connectivity index (χ0n) is 15.2. The monoisotopic (exact) mass is 385 g/mol. The molecule has 27 heavy (non-hydrogen) atoms. The summed E-state index contributed by atoms with van der Waals surface area (Å²) in [5.74, 6) is 0.800. The van der Waals surface area contributed by atoms with E-state index in [1.165, 1.54) is 0 Å². The molecule has 2 aromatic rings. The summed E-state index contributed by atoms with van der Waals surface area (Å²) in [5.41, 5.74) is 1.93. The Balaban J connectivity index is 1.54. The highest BCUT2D eigenvalue weighted by molar-refractivity contribution is 6.30. The summed E-state index contributed by atoms with van der Waals surface area (Å²) < 4.78 is 5.87. The lowest BCUT2D eigenvalue weighted by Crippen LogP contribution is -2.49. The first-order chi connectivity index (χ1) is 13.2. The van der Waals surface area contributed by atoms with Crippen molar-refractivity contribution in [3.05, 3.63) is 58.9 Å². The Kier molecular flexibility index (Phi) is 5.60. The summed E-state index contributed by atoms with van der Waals surface area (Å²) in [7, 11) is 0. The number of halogens is 1. The molecule has 1 aromatic carbocycles. The lowest BCUT2D eigenvalue weighted by atomic mass is 9.93. The van der Waals surface area contributed by atoms with Crippen LogP contribution in [0.3, 0.4) is 0 Å². The number of ether oxygens (including phenoxy) is 1. The summed E-state index contributed by atoms with van der Waals surface area (Å²) >= 11 is 6.13. The first kappa shape index (κ1) is 18.3. The molecule has 0 radical (unpaired) electrons. The standard InChI is InChI=1S/C21H24ClN3O2/c22-17-4-5-20-15(12-17)11-16(14-27-20)21(26)25(19-6-9-23-10-7-19)13-18-3-1-2-8-24-18/h1-5,8,12,16,19,23H,6-7,9-11,13-14H2. The Bertz CT molecular complexity index is 793. The quantitative estimate of drug-likeness (QED) is 0.878. The van der Waals surface area contributed by atoms with Crippen LogP contribution in [-0.2, 0) is 17.8 Å². The van der Waals surface area contributed by atoms with E-state index in [4.69, 9.17) is 16.3 Å². The van der Waals surface area contributed by atoms with E-state index in [1.54, 1.807) is 6.20 Å². The molecular weight excluding hydrogens is 362 g/mol. The number of carbonyl (C=O) groups is 1. The van der Waals surface area contributed by atoms with E-state index in [-0.39, 0.29) is 17.9 Å². The van der Waals surface area contributed by atoms with Gasteiger partial charge in [-0.2, -0.15) is 0 Å². The van der Waals surface area contributed by atoms with E-state index in [9.17, 15) is 4.79 Å². The second-order valence-electron chi connectivity index (χ2n) is 7.23. The molecule has 1 unspecified atom stereocenters. The van der Waals surface area contributed by atoms with Crippen LogP contribution in [0, 0.1) is 5.92 Å². The van der Waals surface area contributed by atoms with Gasteiger partial charge in [-0.05, 0) is 68.2 Å². The normalized spacial score (nSPS) is 19.8. The number of carbonyl (C=O) groups excluding carboxylic acids is 1. The van der Waals surface area contributed by atoms with Crippen LogP contribution in [0.15, 0.2) is 42.6 Å². The van der Waals surface area contributed by atoms with Crippen LogP contribution < -0.4 is 10.1 Å². The van der Waals surface area contributed by atoms with Gasteiger partial charge < -0.3 is 15.0 Å². The predicted octanol–water partition coefficient (Wildman–Crippen LogP) is 3.07. The summed E-state index contributed by atoms with van der Waals surface area (Å²) in [6, 6.07) is 11.7. The minimum atomic E-state index is -0.186. The van der Waals surface area contributed by atoms with Gasteiger partial charge in [0, 0.05) is 17.3 Å². The Hall–Kier alpha value is -2.11. The Labute approximate surface area is 164 Å². The first-order valence-electron chi connectivity index (χ1n) is 9.53. The summed E-state index contributed by atoms with van der Waals surface area (Å²) in [5, 5.41) is 4.05. The zero-order valence-corrected chi connectivity index (χ0v) is 16.0. The van der Waals surface area contributed by atoms with Gasteiger partial charge in [-0.3, -0.25) is 9.78 Å². The van der Waals surface area contributed by atoms with Gasteiger partial charge in [0.2, 0.25) is 5.91 Å². The fourth-order valence-corrected chi connectivity index (χ4v) is 4.12. The minimum Gasteiger partial charge on any atom is -0.492 e. The van der Waals surface area contributed by atoms with Crippen LogP contribution in [0.4, 0.5) is 0 Å². The van der Waals surface area contributed by atoms with Crippen molar-refractivity contribution in [1.82, 2.24) is 15.2 Å². The van der Waals surface area contributed by atoms with Gasteiger partial charge in [-0.1, -0.05) is 17.7 Å². The number of nitrogens with one attached hydrogen (secondary N) is 1. The highest BCUT2D eigenvalue weighted by Gasteiger charge is 2.33. The molecule has 1 N–H and O–H groups in total. The Morgan fingerprint density at radius 3 is 2.89 bits per heavy atom. The van der Waals surface area contributed by atoms with Crippen LogP contribution in [0.2, 0.25) is 5.02 Å². The third-order valence-electron chi connectivity index (χ3n) is 5.37. The van der Waals surface area contributed by atoms with Crippen LogP contribution in [0.5, 0.6) is 5.75 Å². The number of benzene rings is 1. The number of piperidine rings is 1. The fraction of sp³-hybridized carbons (Fsp3) is 0.429.